The van der Waals surface area contributed by atoms with Crippen molar-refractivity contribution in [2.45, 2.75) is 17.9 Å². The molecule has 0 spiro atoms. The number of aromatic amines is 1. The highest BCUT2D eigenvalue weighted by Gasteiger charge is 2.30. The lowest BCUT2D eigenvalue weighted by atomic mass is 10.1. The first-order chi connectivity index (χ1) is 20.2. The molecule has 0 radical (unpaired) electrons. The minimum absolute atomic E-state index is 0.00999. The Balaban J connectivity index is 1.64. The third kappa shape index (κ3) is 7.37. The van der Waals surface area contributed by atoms with Crippen LogP contribution in [-0.2, 0) is 32.5 Å². The maximum Gasteiger partial charge on any atom is 0.245 e. The Bertz CT molecular complexity index is 1640. The van der Waals surface area contributed by atoms with Gasteiger partial charge in [-0.25, -0.2) is 8.42 Å². The number of carbonyl (C=O) groups excluding carboxylic acids is 1. The Labute approximate surface area is 255 Å². The minimum Gasteiger partial charge on any atom is -0.493 e. The molecule has 0 atom stereocenters. The summed E-state index contributed by atoms with van der Waals surface area (Å²) in [5.74, 6) is 0.703. The zero-order valence-electron chi connectivity index (χ0n) is 23.6. The molecule has 224 valence electrons. The van der Waals surface area contributed by atoms with Gasteiger partial charge in [-0.05, 0) is 53.9 Å². The maximum atomic E-state index is 13.9. The van der Waals surface area contributed by atoms with E-state index in [1.807, 2.05) is 36.5 Å². The van der Waals surface area contributed by atoms with Crippen LogP contribution in [0.25, 0.3) is 10.9 Å². The lowest BCUT2D eigenvalue weighted by Gasteiger charge is -2.28. The van der Waals surface area contributed by atoms with Crippen molar-refractivity contribution in [3.63, 3.8) is 0 Å². The van der Waals surface area contributed by atoms with E-state index < -0.39 is 16.6 Å². The van der Waals surface area contributed by atoms with E-state index in [0.29, 0.717) is 24.5 Å². The van der Waals surface area contributed by atoms with Gasteiger partial charge in [0.2, 0.25) is 15.9 Å². The molecule has 4 rings (SSSR count). The van der Waals surface area contributed by atoms with E-state index in [1.54, 1.807) is 31.3 Å². The Morgan fingerprint density at radius 1 is 0.929 bits per heavy atom. The van der Waals surface area contributed by atoms with Gasteiger partial charge in [-0.15, -0.1) is 0 Å². The van der Waals surface area contributed by atoms with Crippen LogP contribution in [0, 0.1) is 0 Å². The molecule has 1 amide bonds. The third-order valence-electron chi connectivity index (χ3n) is 6.87. The topological polar surface area (TPSA) is 101 Å². The number of rotatable bonds is 14. The number of nitrogens with zero attached hydrogens (tertiary/aromatic N) is 2. The number of fused-ring (bicyclic) bond motifs is 1. The first kappa shape index (κ1) is 31.7. The van der Waals surface area contributed by atoms with Crippen molar-refractivity contribution in [1.82, 2.24) is 14.2 Å². The molecule has 3 aromatic carbocycles. The second-order valence-corrected chi connectivity index (χ2v) is 12.3. The molecule has 0 saturated heterocycles. The number of sulfonamides is 1. The van der Waals surface area contributed by atoms with Crippen molar-refractivity contribution in [3.05, 3.63) is 88.0 Å². The number of amides is 1. The number of hydrogen-bond donors (Lipinski definition) is 1. The number of ether oxygens (including phenoxy) is 3. The molecule has 0 unspecified atom stereocenters. The number of halogens is 2. The summed E-state index contributed by atoms with van der Waals surface area (Å²) in [5, 5.41) is 1.29. The monoisotopic (exact) mass is 633 g/mol. The summed E-state index contributed by atoms with van der Waals surface area (Å²) < 4.78 is 44.4. The molecular formula is C30H33Cl2N3O6S. The van der Waals surface area contributed by atoms with Gasteiger partial charge in [0.05, 0.1) is 32.4 Å². The molecule has 1 N–H and O–H groups in total. The van der Waals surface area contributed by atoms with Crippen LogP contribution in [0.2, 0.25) is 10.0 Å². The highest BCUT2D eigenvalue weighted by molar-refractivity contribution is 7.89. The van der Waals surface area contributed by atoms with E-state index in [4.69, 9.17) is 37.4 Å². The van der Waals surface area contributed by atoms with E-state index in [-0.39, 0.29) is 40.5 Å². The molecule has 9 nitrogen and oxygen atoms in total. The van der Waals surface area contributed by atoms with Crippen LogP contribution < -0.4 is 9.47 Å². The number of carbonyl (C=O) groups is 1. The molecular weight excluding hydrogens is 601 g/mol. The quantitative estimate of drug-likeness (QED) is 0.199. The van der Waals surface area contributed by atoms with Crippen LogP contribution in [0.1, 0.15) is 11.1 Å². The molecule has 4 aromatic rings. The SMILES string of the molecule is COCCN(CC(=O)N(CCc1c[nH]c2ccccc12)Cc1ccc(OC)c(OC)c1)S(=O)(=O)c1cc(Cl)ccc1Cl. The van der Waals surface area contributed by atoms with Crippen molar-refractivity contribution in [1.29, 1.82) is 0 Å². The van der Waals surface area contributed by atoms with Gasteiger partial charge in [0, 0.05) is 48.9 Å². The lowest BCUT2D eigenvalue weighted by molar-refractivity contribution is -0.132. The molecule has 0 aliphatic heterocycles. The van der Waals surface area contributed by atoms with Gasteiger partial charge in [0.25, 0.3) is 0 Å². The third-order valence-corrected chi connectivity index (χ3v) is 9.43. The van der Waals surface area contributed by atoms with Crippen molar-refractivity contribution < 1.29 is 27.4 Å². The van der Waals surface area contributed by atoms with Gasteiger partial charge in [0.15, 0.2) is 11.5 Å². The number of benzene rings is 3. The van der Waals surface area contributed by atoms with Crippen molar-refractivity contribution in [3.8, 4) is 11.5 Å². The minimum atomic E-state index is -4.19. The summed E-state index contributed by atoms with van der Waals surface area (Å²) in [7, 11) is 0.369. The largest absolute Gasteiger partial charge is 0.493 e. The molecule has 0 fully saturated rings. The predicted octanol–water partition coefficient (Wildman–Crippen LogP) is 5.40. The highest BCUT2D eigenvalue weighted by atomic mass is 35.5. The second kappa shape index (κ2) is 14.3. The fourth-order valence-electron chi connectivity index (χ4n) is 4.63. The maximum absolute atomic E-state index is 13.9. The molecule has 0 aliphatic rings. The molecule has 12 heteroatoms. The van der Waals surface area contributed by atoms with Crippen LogP contribution in [0.5, 0.6) is 11.5 Å². The van der Waals surface area contributed by atoms with Crippen LogP contribution >= 0.6 is 23.2 Å². The van der Waals surface area contributed by atoms with E-state index >= 15 is 0 Å². The summed E-state index contributed by atoms with van der Waals surface area (Å²) in [5.41, 5.74) is 2.84. The Kier molecular flexibility index (Phi) is 10.7. The number of para-hydroxylation sites is 1. The molecule has 0 saturated carbocycles. The van der Waals surface area contributed by atoms with E-state index in [0.717, 1.165) is 26.3 Å². The second-order valence-electron chi connectivity index (χ2n) is 9.52. The Morgan fingerprint density at radius 3 is 2.43 bits per heavy atom. The van der Waals surface area contributed by atoms with Crippen LogP contribution in [0.4, 0.5) is 0 Å². The number of aromatic nitrogens is 1. The standard InChI is InChI=1S/C30H33Cl2N3O6S/c1-39-15-14-35(42(37,38)29-17-23(31)9-10-25(29)32)20-30(36)34(19-21-8-11-27(40-2)28(16-21)41-3)13-12-22-18-33-26-7-5-4-6-24(22)26/h4-11,16-18,33H,12-15,19-20H2,1-3H3. The molecule has 0 bridgehead atoms. The van der Waals surface area contributed by atoms with Crippen molar-refractivity contribution >= 4 is 50.0 Å². The summed E-state index contributed by atoms with van der Waals surface area (Å²) >= 11 is 12.3. The first-order valence-electron chi connectivity index (χ1n) is 13.2. The fraction of sp³-hybridized carbons (Fsp3) is 0.300. The predicted molar refractivity (Wildman–Crippen MR) is 164 cm³/mol. The highest BCUT2D eigenvalue weighted by Crippen LogP contribution is 2.30. The van der Waals surface area contributed by atoms with E-state index in [9.17, 15) is 13.2 Å². The summed E-state index contributed by atoms with van der Waals surface area (Å²) in [6.45, 7) is 0.161. The van der Waals surface area contributed by atoms with Crippen molar-refractivity contribution in [2.24, 2.45) is 0 Å². The number of H-pyrrole nitrogens is 1. The zero-order valence-corrected chi connectivity index (χ0v) is 25.9. The van der Waals surface area contributed by atoms with Gasteiger partial charge in [-0.1, -0.05) is 47.5 Å². The van der Waals surface area contributed by atoms with Crippen LogP contribution in [-0.4, -0.2) is 76.1 Å². The summed E-state index contributed by atoms with van der Waals surface area (Å²) in [6.07, 6.45) is 2.48. The summed E-state index contributed by atoms with van der Waals surface area (Å²) in [6, 6.07) is 17.5. The number of hydrogen-bond acceptors (Lipinski definition) is 6. The van der Waals surface area contributed by atoms with Crippen LogP contribution in [0.3, 0.4) is 0 Å². The van der Waals surface area contributed by atoms with E-state index in [2.05, 4.69) is 4.98 Å². The Morgan fingerprint density at radius 2 is 1.69 bits per heavy atom. The van der Waals surface area contributed by atoms with Crippen molar-refractivity contribution in [2.75, 3.05) is 47.6 Å². The molecule has 1 heterocycles. The molecule has 42 heavy (non-hydrogen) atoms. The summed E-state index contributed by atoms with van der Waals surface area (Å²) in [4.78, 5) is 18.6. The molecule has 1 aromatic heterocycles. The van der Waals surface area contributed by atoms with Gasteiger partial charge < -0.3 is 24.1 Å². The average molecular weight is 635 g/mol. The lowest BCUT2D eigenvalue weighted by Crippen LogP contribution is -2.44. The van der Waals surface area contributed by atoms with Gasteiger partial charge >= 0.3 is 0 Å². The fourth-order valence-corrected chi connectivity index (χ4v) is 6.74. The normalized spacial score (nSPS) is 11.7. The smallest absolute Gasteiger partial charge is 0.245 e. The van der Waals surface area contributed by atoms with Gasteiger partial charge in [-0.3, -0.25) is 4.79 Å². The first-order valence-corrected chi connectivity index (χ1v) is 15.3. The Hall–Kier alpha value is -3.28. The number of methoxy groups -OCH3 is 3. The molecule has 0 aliphatic carbocycles. The number of nitrogens with one attached hydrogen (secondary N) is 1. The van der Waals surface area contributed by atoms with E-state index in [1.165, 1.54) is 25.3 Å². The van der Waals surface area contributed by atoms with Crippen LogP contribution in [0.15, 0.2) is 71.8 Å². The van der Waals surface area contributed by atoms with Gasteiger partial charge in [0.1, 0.15) is 4.90 Å². The van der Waals surface area contributed by atoms with Gasteiger partial charge in [-0.2, -0.15) is 4.31 Å². The zero-order chi connectivity index (χ0) is 30.3. The average Bonchev–Trinajstić information content (AvgIpc) is 3.41.